The molecule has 158 valence electrons. The Bertz CT molecular complexity index is 1130. The van der Waals surface area contributed by atoms with Gasteiger partial charge in [-0.3, -0.25) is 14.6 Å². The van der Waals surface area contributed by atoms with Gasteiger partial charge in [0.05, 0.1) is 5.52 Å². The predicted octanol–water partition coefficient (Wildman–Crippen LogP) is 4.09. The number of H-pyrrole nitrogens is 1. The van der Waals surface area contributed by atoms with E-state index in [0.29, 0.717) is 23.7 Å². The van der Waals surface area contributed by atoms with Gasteiger partial charge in [0.15, 0.2) is 0 Å². The minimum absolute atomic E-state index is 0.0000643. The van der Waals surface area contributed by atoms with Gasteiger partial charge in [-0.05, 0) is 46.1 Å². The van der Waals surface area contributed by atoms with Crippen LogP contribution in [-0.4, -0.2) is 34.5 Å². The number of amides is 1. The quantitative estimate of drug-likeness (QED) is 0.664. The van der Waals surface area contributed by atoms with Crippen molar-refractivity contribution in [1.29, 1.82) is 0 Å². The molecule has 0 radical (unpaired) electrons. The predicted molar refractivity (Wildman–Crippen MR) is 123 cm³/mol. The number of rotatable bonds is 3. The summed E-state index contributed by atoms with van der Waals surface area (Å²) in [6.45, 7) is 9.44. The van der Waals surface area contributed by atoms with Crippen molar-refractivity contribution in [3.63, 3.8) is 0 Å². The fourth-order valence-corrected chi connectivity index (χ4v) is 4.82. The first-order chi connectivity index (χ1) is 14.2. The largest absolute Gasteiger partial charge is 0.351 e. The van der Waals surface area contributed by atoms with Gasteiger partial charge < -0.3 is 10.2 Å². The lowest BCUT2D eigenvalue weighted by Gasteiger charge is -2.33. The molecule has 4 rings (SSSR count). The number of nitrogens with zero attached hydrogens (tertiary/aromatic N) is 2. The highest BCUT2D eigenvalue weighted by Crippen LogP contribution is 2.32. The van der Waals surface area contributed by atoms with Crippen molar-refractivity contribution in [3.8, 4) is 11.1 Å². The third-order valence-electron chi connectivity index (χ3n) is 5.41. The maximum Gasteiger partial charge on any atom is 0.270 e. The van der Waals surface area contributed by atoms with E-state index in [-0.39, 0.29) is 22.9 Å². The maximum absolute atomic E-state index is 12.7. The molecule has 0 unspecified atom stereocenters. The number of thiophene rings is 1. The molecule has 3 heterocycles. The Morgan fingerprint density at radius 3 is 2.67 bits per heavy atom. The van der Waals surface area contributed by atoms with E-state index in [0.717, 1.165) is 29.5 Å². The molecule has 0 aliphatic carbocycles. The summed E-state index contributed by atoms with van der Waals surface area (Å²) in [5, 5.41) is 5.08. The Morgan fingerprint density at radius 2 is 2.00 bits per heavy atom. The summed E-state index contributed by atoms with van der Waals surface area (Å²) in [4.78, 5) is 35.1. The van der Waals surface area contributed by atoms with Gasteiger partial charge >= 0.3 is 0 Å². The molecular weight excluding hydrogens is 396 g/mol. The molecule has 1 fully saturated rings. The van der Waals surface area contributed by atoms with Crippen LogP contribution in [0.25, 0.3) is 21.3 Å². The van der Waals surface area contributed by atoms with Crippen molar-refractivity contribution in [2.24, 2.45) is 5.92 Å². The van der Waals surface area contributed by atoms with Crippen LogP contribution in [0.1, 0.15) is 39.2 Å². The first kappa shape index (κ1) is 20.6. The Kier molecular flexibility index (Phi) is 5.40. The number of carbonyl (C=O) groups excluding carboxylic acids is 1. The van der Waals surface area contributed by atoms with E-state index in [1.807, 2.05) is 32.2 Å². The number of hydrogen-bond donors (Lipinski definition) is 2. The lowest BCUT2D eigenvalue weighted by molar-refractivity contribution is -0.127. The monoisotopic (exact) mass is 424 g/mol. The van der Waals surface area contributed by atoms with Gasteiger partial charge in [0.25, 0.3) is 5.56 Å². The molecule has 7 heteroatoms. The fraction of sp³-hybridized carbons (Fsp3) is 0.435. The lowest BCUT2D eigenvalue weighted by Crippen LogP contribution is -2.47. The Morgan fingerprint density at radius 1 is 1.27 bits per heavy atom. The molecule has 3 aromatic rings. The van der Waals surface area contributed by atoms with Crippen LogP contribution in [0.5, 0.6) is 0 Å². The molecule has 1 saturated heterocycles. The van der Waals surface area contributed by atoms with Gasteiger partial charge in [-0.2, -0.15) is 0 Å². The molecule has 30 heavy (non-hydrogen) atoms. The van der Waals surface area contributed by atoms with Crippen LogP contribution < -0.4 is 15.8 Å². The fourth-order valence-electron chi connectivity index (χ4n) is 3.91. The summed E-state index contributed by atoms with van der Waals surface area (Å²) in [5.41, 5.74) is 3.65. The average molecular weight is 425 g/mol. The minimum atomic E-state index is -0.225. The molecular formula is C23H28N4O2S. The number of aromatic amines is 1. The second-order valence-corrected chi connectivity index (χ2v) is 9.97. The molecule has 2 N–H and O–H groups in total. The molecule has 0 atom stereocenters. The molecule has 0 saturated carbocycles. The second-order valence-electron chi connectivity index (χ2n) is 9.09. The van der Waals surface area contributed by atoms with Crippen molar-refractivity contribution >= 4 is 33.4 Å². The number of aromatic nitrogens is 2. The second kappa shape index (κ2) is 7.87. The molecule has 1 amide bonds. The van der Waals surface area contributed by atoms with E-state index in [4.69, 9.17) is 4.98 Å². The summed E-state index contributed by atoms with van der Waals surface area (Å²) in [6.07, 6.45) is 1.50. The van der Waals surface area contributed by atoms with Gasteiger partial charge in [-0.1, -0.05) is 29.8 Å². The first-order valence-corrected chi connectivity index (χ1v) is 11.2. The van der Waals surface area contributed by atoms with Crippen LogP contribution >= 0.6 is 11.3 Å². The standard InChI is InChI=1S/C23H28N4O2S/c1-14-6-5-7-16(12-14)17-13-30-19-18(17)24-22(25-21(19)29)27-10-8-15(9-11-27)20(28)26-23(2,3)4/h5-7,12-13,15H,8-11H2,1-4H3,(H,26,28)(H,24,25,29). The Balaban J connectivity index is 1.58. The number of fused-ring (bicyclic) bond motifs is 1. The van der Waals surface area contributed by atoms with Crippen LogP contribution in [0.15, 0.2) is 34.4 Å². The highest BCUT2D eigenvalue weighted by Gasteiger charge is 2.28. The van der Waals surface area contributed by atoms with Crippen LogP contribution in [0.2, 0.25) is 0 Å². The zero-order valence-electron chi connectivity index (χ0n) is 17.9. The van der Waals surface area contributed by atoms with Crippen LogP contribution in [0.3, 0.4) is 0 Å². The molecule has 2 aromatic heterocycles. The molecule has 1 aliphatic rings. The zero-order valence-corrected chi connectivity index (χ0v) is 18.7. The number of benzene rings is 1. The van der Waals surface area contributed by atoms with Gasteiger partial charge in [-0.15, -0.1) is 11.3 Å². The average Bonchev–Trinajstić information content (AvgIpc) is 3.11. The topological polar surface area (TPSA) is 78.1 Å². The summed E-state index contributed by atoms with van der Waals surface area (Å²) in [5.74, 6) is 0.702. The number of nitrogens with one attached hydrogen (secondary N) is 2. The summed E-state index contributed by atoms with van der Waals surface area (Å²) < 4.78 is 0.648. The zero-order chi connectivity index (χ0) is 21.5. The van der Waals surface area contributed by atoms with Crippen molar-refractivity contribution in [2.75, 3.05) is 18.0 Å². The molecule has 6 nitrogen and oxygen atoms in total. The SMILES string of the molecule is Cc1cccc(-c2csc3c(=O)[nH]c(N4CCC(C(=O)NC(C)(C)C)CC4)nc23)c1. The molecule has 0 spiro atoms. The number of piperidine rings is 1. The third-order valence-corrected chi connectivity index (χ3v) is 6.37. The van der Waals surface area contributed by atoms with Crippen molar-refractivity contribution in [3.05, 3.63) is 45.6 Å². The number of carbonyl (C=O) groups is 1. The lowest BCUT2D eigenvalue weighted by atomic mass is 9.94. The van der Waals surface area contributed by atoms with Gasteiger partial charge in [0.2, 0.25) is 11.9 Å². The van der Waals surface area contributed by atoms with E-state index in [9.17, 15) is 9.59 Å². The molecule has 0 bridgehead atoms. The molecule has 1 aromatic carbocycles. The highest BCUT2D eigenvalue weighted by atomic mass is 32.1. The first-order valence-electron chi connectivity index (χ1n) is 10.4. The van der Waals surface area contributed by atoms with Crippen molar-refractivity contribution in [2.45, 2.75) is 46.1 Å². The normalized spacial score (nSPS) is 15.5. The van der Waals surface area contributed by atoms with Gasteiger partial charge in [0.1, 0.15) is 4.70 Å². The maximum atomic E-state index is 12.7. The van der Waals surface area contributed by atoms with E-state index < -0.39 is 0 Å². The van der Waals surface area contributed by atoms with E-state index >= 15 is 0 Å². The summed E-state index contributed by atoms with van der Waals surface area (Å²) in [6, 6.07) is 8.25. The minimum Gasteiger partial charge on any atom is -0.351 e. The number of hydrogen-bond acceptors (Lipinski definition) is 5. The van der Waals surface area contributed by atoms with Crippen LogP contribution in [0.4, 0.5) is 5.95 Å². The van der Waals surface area contributed by atoms with Gasteiger partial charge in [0, 0.05) is 35.5 Å². The molecule has 1 aliphatic heterocycles. The van der Waals surface area contributed by atoms with E-state index in [1.165, 1.54) is 16.9 Å². The van der Waals surface area contributed by atoms with Crippen LogP contribution in [0, 0.1) is 12.8 Å². The summed E-state index contributed by atoms with van der Waals surface area (Å²) >= 11 is 1.43. The van der Waals surface area contributed by atoms with Crippen LogP contribution in [-0.2, 0) is 4.79 Å². The van der Waals surface area contributed by atoms with Crippen molar-refractivity contribution < 1.29 is 4.79 Å². The van der Waals surface area contributed by atoms with E-state index in [1.54, 1.807) is 0 Å². The number of anilines is 1. The van der Waals surface area contributed by atoms with Gasteiger partial charge in [-0.25, -0.2) is 4.98 Å². The third kappa shape index (κ3) is 4.26. The van der Waals surface area contributed by atoms with E-state index in [2.05, 4.69) is 40.3 Å². The smallest absolute Gasteiger partial charge is 0.270 e. The Labute approximate surface area is 180 Å². The summed E-state index contributed by atoms with van der Waals surface area (Å²) in [7, 11) is 0. The highest BCUT2D eigenvalue weighted by molar-refractivity contribution is 7.17. The number of aryl methyl sites for hydroxylation is 1. The van der Waals surface area contributed by atoms with Crippen molar-refractivity contribution in [1.82, 2.24) is 15.3 Å². The Hall–Kier alpha value is -2.67.